The Labute approximate surface area is 82.2 Å². The minimum Gasteiger partial charge on any atom is -0.238 e. The lowest BCUT2D eigenvalue weighted by atomic mass is 10.2. The van der Waals surface area contributed by atoms with Gasteiger partial charge >= 0.3 is 0 Å². The predicted octanol–water partition coefficient (Wildman–Crippen LogP) is 2.86. The van der Waals surface area contributed by atoms with E-state index in [1.54, 1.807) is 7.05 Å². The van der Waals surface area contributed by atoms with E-state index in [1.807, 2.05) is 0 Å². The molecule has 0 amide bonds. The fourth-order valence-electron chi connectivity index (χ4n) is 0.656. The lowest BCUT2D eigenvalue weighted by molar-refractivity contribution is 0.809. The Morgan fingerprint density at radius 1 is 1.31 bits per heavy atom. The average Bonchev–Trinajstić information content (AvgIpc) is 2.14. The van der Waals surface area contributed by atoms with Crippen LogP contribution in [0.3, 0.4) is 0 Å². The summed E-state index contributed by atoms with van der Waals surface area (Å²) in [5, 5.41) is 1.12. The van der Waals surface area contributed by atoms with E-state index in [4.69, 9.17) is 0 Å². The van der Waals surface area contributed by atoms with Gasteiger partial charge in [0.25, 0.3) is 0 Å². The van der Waals surface area contributed by atoms with Crippen LogP contribution in [0.4, 0.5) is 0 Å². The van der Waals surface area contributed by atoms with Crippen molar-refractivity contribution in [1.29, 1.82) is 0 Å². The van der Waals surface area contributed by atoms with E-state index in [9.17, 15) is 0 Å². The molecule has 1 unspecified atom stereocenters. The molecule has 68 valence electrons. The van der Waals surface area contributed by atoms with Crippen molar-refractivity contribution in [3.05, 3.63) is 28.2 Å². The van der Waals surface area contributed by atoms with Gasteiger partial charge in [-0.25, -0.2) is 4.99 Å². The summed E-state index contributed by atoms with van der Waals surface area (Å²) in [5.41, 5.74) is 10.9. The molecule has 2 heteroatoms. The normalized spacial score (nSPS) is 7.00. The number of hydrogen-bond donors (Lipinski definition) is 0. The van der Waals surface area contributed by atoms with E-state index in [-0.39, 0.29) is 0 Å². The van der Waals surface area contributed by atoms with Gasteiger partial charge in [0.05, 0.1) is 0 Å². The van der Waals surface area contributed by atoms with Crippen LogP contribution < -0.4 is 0 Å². The molecule has 0 aliphatic heterocycles. The molecule has 0 spiro atoms. The summed E-state index contributed by atoms with van der Waals surface area (Å²) in [6.07, 6.45) is 3.42. The Morgan fingerprint density at radius 3 is 2.69 bits per heavy atom. The first-order chi connectivity index (χ1) is 6.31. The van der Waals surface area contributed by atoms with Gasteiger partial charge in [0.2, 0.25) is 0 Å². The number of aliphatic imine (C=N–C) groups is 1. The Kier molecular flexibility index (Phi) is 8.39. The van der Waals surface area contributed by atoms with Crippen LogP contribution in [-0.4, -0.2) is 12.9 Å². The molecule has 13 heavy (non-hydrogen) atoms. The smallest absolute Gasteiger partial charge is 0.0427 e. The molecule has 0 N–H and O–H groups in total. The molecule has 0 fully saturated rings. The van der Waals surface area contributed by atoms with Crippen LogP contribution in [0.15, 0.2) is 33.2 Å². The monoisotopic (exact) mass is 191 g/mol. The van der Waals surface area contributed by atoms with Crippen LogP contribution in [-0.2, 0) is 0 Å². The van der Waals surface area contributed by atoms with Crippen molar-refractivity contribution < 1.29 is 0 Å². The largest absolute Gasteiger partial charge is 0.238 e. The van der Waals surface area contributed by atoms with Crippen molar-refractivity contribution in [3.8, 4) is 0 Å². The van der Waals surface area contributed by atoms with Crippen molar-refractivity contribution in [3.63, 3.8) is 0 Å². The summed E-state index contributed by atoms with van der Waals surface area (Å²) in [4.78, 5) is 3.60. The third kappa shape index (κ3) is 8.91. The van der Waals surface area contributed by atoms with E-state index in [1.165, 1.54) is 12.8 Å². The topological polar surface area (TPSA) is 12.4 Å². The molecule has 0 aromatic carbocycles. The number of unbranched alkanes of at least 4 members (excludes halogenated alkanes) is 1. The number of nitrogens with zero attached hydrogens (tertiary/aromatic N) is 1. The highest BCUT2D eigenvalue weighted by atomic mass is 31.0. The number of hydrogen-bond acceptors (Lipinski definition) is 1. The molecular weight excluding hydrogens is 177 g/mol. The Morgan fingerprint density at radius 2 is 2.08 bits per heavy atom. The fourth-order valence-corrected chi connectivity index (χ4v) is 0.933. The highest BCUT2D eigenvalue weighted by Crippen LogP contribution is 2.11. The molecule has 0 rings (SSSR count). The summed E-state index contributed by atoms with van der Waals surface area (Å²) in [6.45, 7) is 2.16. The number of rotatable bonds is 3. The Balaban J connectivity index is 4.54. The highest BCUT2D eigenvalue weighted by Gasteiger charge is 1.84. The van der Waals surface area contributed by atoms with Crippen LogP contribution >= 0.6 is 9.24 Å². The molecule has 1 nitrogen and oxygen atoms in total. The van der Waals surface area contributed by atoms with Gasteiger partial charge in [-0.2, -0.15) is 0 Å². The minimum atomic E-state index is 1.04. The quantitative estimate of drug-likeness (QED) is 0.369. The molecule has 0 aliphatic rings. The van der Waals surface area contributed by atoms with Crippen molar-refractivity contribution >= 4 is 15.1 Å². The van der Waals surface area contributed by atoms with Crippen molar-refractivity contribution in [1.82, 2.24) is 0 Å². The maximum absolute atomic E-state index is 3.60. The maximum atomic E-state index is 3.60. The third-order valence-corrected chi connectivity index (χ3v) is 1.75. The zero-order valence-corrected chi connectivity index (χ0v) is 9.30. The van der Waals surface area contributed by atoms with Crippen LogP contribution in [0.5, 0.6) is 0 Å². The van der Waals surface area contributed by atoms with Gasteiger partial charge in [0.15, 0.2) is 0 Å². The van der Waals surface area contributed by atoms with Crippen molar-refractivity contribution in [2.24, 2.45) is 4.99 Å². The average molecular weight is 191 g/mol. The van der Waals surface area contributed by atoms with Crippen LogP contribution in [0.25, 0.3) is 0 Å². The van der Waals surface area contributed by atoms with E-state index >= 15 is 0 Å². The van der Waals surface area contributed by atoms with Gasteiger partial charge in [0, 0.05) is 24.4 Å². The van der Waals surface area contributed by atoms with Crippen LogP contribution in [0.1, 0.15) is 26.2 Å². The SMILES string of the molecule is CCCCC(P)=C=C=C=C=C=NC. The summed E-state index contributed by atoms with van der Waals surface area (Å²) < 4.78 is 0. The van der Waals surface area contributed by atoms with E-state index in [0.717, 1.165) is 11.7 Å². The third-order valence-electron chi connectivity index (χ3n) is 1.32. The summed E-state index contributed by atoms with van der Waals surface area (Å²) in [5.74, 6) is 2.51. The van der Waals surface area contributed by atoms with Crippen molar-refractivity contribution in [2.75, 3.05) is 7.05 Å². The van der Waals surface area contributed by atoms with Gasteiger partial charge in [-0.3, -0.25) is 0 Å². The highest BCUT2D eigenvalue weighted by molar-refractivity contribution is 7.22. The first kappa shape index (κ1) is 12.0. The lowest BCUT2D eigenvalue weighted by Gasteiger charge is -1.91. The second kappa shape index (κ2) is 9.09. The molecule has 0 aromatic heterocycles. The molecule has 0 aliphatic carbocycles. The second-order valence-electron chi connectivity index (χ2n) is 2.46. The predicted molar refractivity (Wildman–Crippen MR) is 60.2 cm³/mol. The van der Waals surface area contributed by atoms with E-state index < -0.39 is 0 Å². The van der Waals surface area contributed by atoms with Crippen LogP contribution in [0, 0.1) is 0 Å². The maximum Gasteiger partial charge on any atom is 0.0427 e. The summed E-state index contributed by atoms with van der Waals surface area (Å²) >= 11 is 0. The number of allylic oxidation sites excluding steroid dienone is 1. The molecular formula is C11H14NP. The van der Waals surface area contributed by atoms with Gasteiger partial charge in [-0.05, 0) is 23.9 Å². The van der Waals surface area contributed by atoms with Gasteiger partial charge < -0.3 is 0 Å². The van der Waals surface area contributed by atoms with E-state index in [0.29, 0.717) is 0 Å². The van der Waals surface area contributed by atoms with E-state index in [2.05, 4.69) is 50.0 Å². The van der Waals surface area contributed by atoms with Crippen molar-refractivity contribution in [2.45, 2.75) is 26.2 Å². The van der Waals surface area contributed by atoms with Gasteiger partial charge in [-0.1, -0.05) is 19.1 Å². The standard InChI is InChI=1S/C11H14NP/c1-3-4-8-11(13)9-6-5-7-10-12-2/h3-4,8,13H2,1-2H3. The zero-order chi connectivity index (χ0) is 9.94. The summed E-state index contributed by atoms with van der Waals surface area (Å²) in [7, 11) is 4.27. The molecule has 0 bridgehead atoms. The molecule has 1 atom stereocenters. The molecule has 0 aromatic rings. The Hall–Kier alpha value is -1.00. The molecule has 0 saturated carbocycles. The Bertz CT molecular complexity index is 336. The molecule has 0 saturated heterocycles. The van der Waals surface area contributed by atoms with Gasteiger partial charge in [-0.15, -0.1) is 9.24 Å². The lowest BCUT2D eigenvalue weighted by Crippen LogP contribution is -1.69. The molecule has 0 heterocycles. The second-order valence-corrected chi connectivity index (χ2v) is 3.16. The fraction of sp³-hybridized carbons (Fsp3) is 0.455. The first-order valence-corrected chi connectivity index (χ1v) is 4.85. The minimum absolute atomic E-state index is 1.04. The summed E-state index contributed by atoms with van der Waals surface area (Å²) in [6, 6.07) is 0. The first-order valence-electron chi connectivity index (χ1n) is 4.27. The zero-order valence-electron chi connectivity index (χ0n) is 8.15. The molecule has 0 radical (unpaired) electrons. The van der Waals surface area contributed by atoms with Crippen LogP contribution in [0.2, 0.25) is 0 Å². The van der Waals surface area contributed by atoms with Gasteiger partial charge in [0.1, 0.15) is 0 Å².